The van der Waals surface area contributed by atoms with Crippen LogP contribution < -0.4 is 5.32 Å². The Kier molecular flexibility index (Phi) is 4.74. The van der Waals surface area contributed by atoms with Gasteiger partial charge in [-0.15, -0.1) is 0 Å². The normalized spacial score (nSPS) is 18.2. The van der Waals surface area contributed by atoms with E-state index in [9.17, 15) is 4.79 Å². The first kappa shape index (κ1) is 16.6. The minimum absolute atomic E-state index is 0.0404. The third kappa shape index (κ3) is 3.42. The van der Waals surface area contributed by atoms with Crippen LogP contribution >= 0.6 is 11.6 Å². The van der Waals surface area contributed by atoms with Crippen molar-refractivity contribution in [1.29, 1.82) is 0 Å². The van der Waals surface area contributed by atoms with Crippen LogP contribution in [-0.2, 0) is 19.5 Å². The largest absolute Gasteiger partial charge is 0.335 e. The van der Waals surface area contributed by atoms with Gasteiger partial charge < -0.3 is 10.2 Å². The molecule has 132 valence electrons. The second kappa shape index (κ2) is 7.15. The quantitative estimate of drug-likeness (QED) is 0.875. The highest BCUT2D eigenvalue weighted by Gasteiger charge is 2.28. The molecule has 0 saturated carbocycles. The van der Waals surface area contributed by atoms with E-state index in [1.165, 1.54) is 0 Å². The lowest BCUT2D eigenvalue weighted by molar-refractivity contribution is 0.0621. The molecule has 2 aromatic rings. The molecule has 0 aliphatic carbocycles. The number of amides is 1. The molecule has 0 unspecified atom stereocenters. The Labute approximate surface area is 152 Å². The molecule has 0 atom stereocenters. The molecule has 0 spiro atoms. The summed E-state index contributed by atoms with van der Waals surface area (Å²) in [6, 6.07) is 7.94. The number of carbonyl (C=O) groups excluding carboxylic acids is 1. The molecule has 1 fully saturated rings. The maximum atomic E-state index is 12.8. The van der Waals surface area contributed by atoms with Crippen molar-refractivity contribution in [3.63, 3.8) is 0 Å². The lowest BCUT2D eigenvalue weighted by atomic mass is 10.1. The van der Waals surface area contributed by atoms with Crippen LogP contribution in [0, 0.1) is 0 Å². The van der Waals surface area contributed by atoms with Gasteiger partial charge >= 0.3 is 0 Å². The molecule has 0 radical (unpaired) electrons. The molecular formula is C18H22ClN5O. The fourth-order valence-electron chi connectivity index (χ4n) is 3.53. The second-order valence-electron chi connectivity index (χ2n) is 6.62. The van der Waals surface area contributed by atoms with Crippen LogP contribution in [0.15, 0.2) is 24.3 Å². The maximum absolute atomic E-state index is 12.8. The number of benzene rings is 1. The van der Waals surface area contributed by atoms with E-state index in [0.717, 1.165) is 74.1 Å². The molecule has 25 heavy (non-hydrogen) atoms. The Morgan fingerprint density at radius 2 is 2.00 bits per heavy atom. The molecule has 1 saturated heterocycles. The number of hydrogen-bond acceptors (Lipinski definition) is 4. The van der Waals surface area contributed by atoms with E-state index < -0.39 is 0 Å². The van der Waals surface area contributed by atoms with Crippen molar-refractivity contribution in [3.05, 3.63) is 51.8 Å². The van der Waals surface area contributed by atoms with Crippen LogP contribution in [0.25, 0.3) is 0 Å². The highest BCUT2D eigenvalue weighted by Crippen LogP contribution is 2.20. The maximum Gasteiger partial charge on any atom is 0.274 e. The van der Waals surface area contributed by atoms with E-state index >= 15 is 0 Å². The van der Waals surface area contributed by atoms with E-state index in [4.69, 9.17) is 11.6 Å². The number of nitrogens with zero attached hydrogens (tertiary/aromatic N) is 3. The van der Waals surface area contributed by atoms with Gasteiger partial charge in [0.05, 0.1) is 0 Å². The van der Waals surface area contributed by atoms with Crippen LogP contribution in [0.3, 0.4) is 0 Å². The zero-order valence-corrected chi connectivity index (χ0v) is 14.9. The lowest BCUT2D eigenvalue weighted by Crippen LogP contribution is -2.48. The summed E-state index contributed by atoms with van der Waals surface area (Å²) in [5.74, 6) is 0.0404. The van der Waals surface area contributed by atoms with E-state index in [1.54, 1.807) is 0 Å². The fraction of sp³-hybridized carbons (Fsp3) is 0.444. The molecule has 0 bridgehead atoms. The topological polar surface area (TPSA) is 64.3 Å². The summed E-state index contributed by atoms with van der Waals surface area (Å²) in [7, 11) is 0. The van der Waals surface area contributed by atoms with Gasteiger partial charge in [-0.2, -0.15) is 5.10 Å². The number of nitrogens with one attached hydrogen (secondary N) is 2. The number of aromatic amines is 1. The van der Waals surface area contributed by atoms with Gasteiger partial charge in [0.1, 0.15) is 0 Å². The molecule has 2 aliphatic rings. The number of hydrogen-bond donors (Lipinski definition) is 2. The van der Waals surface area contributed by atoms with Crippen molar-refractivity contribution >= 4 is 17.5 Å². The Hall–Kier alpha value is -1.89. The molecule has 1 aromatic heterocycles. The SMILES string of the molecule is O=C(c1n[nH]c2c1CNCC2)N1CCN(Cc2ccccc2Cl)CC1. The van der Waals surface area contributed by atoms with E-state index in [-0.39, 0.29) is 5.91 Å². The predicted molar refractivity (Wildman–Crippen MR) is 96.6 cm³/mol. The smallest absolute Gasteiger partial charge is 0.274 e. The number of carbonyl (C=O) groups is 1. The van der Waals surface area contributed by atoms with E-state index in [2.05, 4.69) is 26.5 Å². The van der Waals surface area contributed by atoms with E-state index in [1.807, 2.05) is 23.1 Å². The molecule has 2 aliphatic heterocycles. The Morgan fingerprint density at radius 3 is 2.80 bits per heavy atom. The van der Waals surface area contributed by atoms with Crippen molar-refractivity contribution in [2.75, 3.05) is 32.7 Å². The number of fused-ring (bicyclic) bond motifs is 1. The summed E-state index contributed by atoms with van der Waals surface area (Å²) >= 11 is 6.25. The van der Waals surface area contributed by atoms with Gasteiger partial charge in [-0.05, 0) is 11.6 Å². The Bertz CT molecular complexity index is 767. The molecule has 4 rings (SSSR count). The van der Waals surface area contributed by atoms with Crippen LogP contribution in [0.4, 0.5) is 0 Å². The number of rotatable bonds is 3. The van der Waals surface area contributed by atoms with Crippen molar-refractivity contribution in [1.82, 2.24) is 25.3 Å². The minimum atomic E-state index is 0.0404. The molecule has 2 N–H and O–H groups in total. The van der Waals surface area contributed by atoms with Crippen LogP contribution in [0.1, 0.15) is 27.3 Å². The van der Waals surface area contributed by atoms with Gasteiger partial charge in [0.15, 0.2) is 5.69 Å². The van der Waals surface area contributed by atoms with Crippen LogP contribution in [0.2, 0.25) is 5.02 Å². The summed E-state index contributed by atoms with van der Waals surface area (Å²) in [5.41, 5.74) is 3.85. The summed E-state index contributed by atoms with van der Waals surface area (Å²) in [4.78, 5) is 17.1. The monoisotopic (exact) mass is 359 g/mol. The van der Waals surface area contributed by atoms with Crippen molar-refractivity contribution in [3.8, 4) is 0 Å². The minimum Gasteiger partial charge on any atom is -0.335 e. The molecule has 1 aromatic carbocycles. The summed E-state index contributed by atoms with van der Waals surface area (Å²) < 4.78 is 0. The van der Waals surface area contributed by atoms with Crippen molar-refractivity contribution < 1.29 is 4.79 Å². The second-order valence-corrected chi connectivity index (χ2v) is 7.02. The standard InChI is InChI=1S/C18H22ClN5O/c19-15-4-2-1-3-13(15)12-23-7-9-24(10-8-23)18(25)17-14-11-20-6-5-16(14)21-22-17/h1-4,20H,5-12H2,(H,21,22). The van der Waals surface area contributed by atoms with Crippen molar-refractivity contribution in [2.24, 2.45) is 0 Å². The lowest BCUT2D eigenvalue weighted by Gasteiger charge is -2.34. The summed E-state index contributed by atoms with van der Waals surface area (Å²) in [6.07, 6.45) is 0.904. The first-order valence-electron chi connectivity index (χ1n) is 8.74. The van der Waals surface area contributed by atoms with Gasteiger partial charge in [0, 0.05) is 68.5 Å². The number of halogens is 1. The average Bonchev–Trinajstić information content (AvgIpc) is 3.08. The van der Waals surface area contributed by atoms with Gasteiger partial charge in [-0.3, -0.25) is 14.8 Å². The number of H-pyrrole nitrogens is 1. The van der Waals surface area contributed by atoms with Crippen molar-refractivity contribution in [2.45, 2.75) is 19.5 Å². The first-order chi connectivity index (χ1) is 12.2. The summed E-state index contributed by atoms with van der Waals surface area (Å²) in [6.45, 7) is 5.62. The van der Waals surface area contributed by atoms with E-state index in [0.29, 0.717) is 5.69 Å². The molecule has 1 amide bonds. The fourth-order valence-corrected chi connectivity index (χ4v) is 3.72. The van der Waals surface area contributed by atoms with Gasteiger partial charge in [-0.1, -0.05) is 29.8 Å². The third-order valence-electron chi connectivity index (χ3n) is 5.02. The van der Waals surface area contributed by atoms with Crippen LogP contribution in [-0.4, -0.2) is 58.6 Å². The Balaban J connectivity index is 1.38. The molecular weight excluding hydrogens is 338 g/mol. The average molecular weight is 360 g/mol. The zero-order valence-electron chi connectivity index (χ0n) is 14.1. The molecule has 7 heteroatoms. The number of aromatic nitrogens is 2. The Morgan fingerprint density at radius 1 is 1.20 bits per heavy atom. The van der Waals surface area contributed by atoms with Crippen LogP contribution in [0.5, 0.6) is 0 Å². The molecule has 6 nitrogen and oxygen atoms in total. The van der Waals surface area contributed by atoms with Gasteiger partial charge in [-0.25, -0.2) is 0 Å². The number of piperazine rings is 1. The van der Waals surface area contributed by atoms with Gasteiger partial charge in [0.25, 0.3) is 5.91 Å². The highest BCUT2D eigenvalue weighted by atomic mass is 35.5. The van der Waals surface area contributed by atoms with Gasteiger partial charge in [0.2, 0.25) is 0 Å². The highest BCUT2D eigenvalue weighted by molar-refractivity contribution is 6.31. The first-order valence-corrected chi connectivity index (χ1v) is 9.12. The summed E-state index contributed by atoms with van der Waals surface area (Å²) in [5, 5.41) is 11.4. The third-order valence-corrected chi connectivity index (χ3v) is 5.39. The predicted octanol–water partition coefficient (Wildman–Crippen LogP) is 1.67. The molecule has 3 heterocycles. The zero-order chi connectivity index (χ0) is 17.2.